The van der Waals surface area contributed by atoms with Gasteiger partial charge in [0, 0.05) is 29.7 Å². The minimum atomic E-state index is -0.108. The van der Waals surface area contributed by atoms with Gasteiger partial charge in [-0.15, -0.1) is 0 Å². The molecule has 6 heteroatoms. The van der Waals surface area contributed by atoms with Crippen LogP contribution < -0.4 is 0 Å². The zero-order chi connectivity index (χ0) is 17.9. The summed E-state index contributed by atoms with van der Waals surface area (Å²) in [6, 6.07) is 17.7. The van der Waals surface area contributed by atoms with Gasteiger partial charge in [-0.3, -0.25) is 19.2 Å². The molecule has 2 N–H and O–H groups in total. The molecule has 2 aromatic rings. The normalized spacial score (nSPS) is 8.69. The summed E-state index contributed by atoms with van der Waals surface area (Å²) in [6.07, 6.45) is 0.00796. The van der Waals surface area contributed by atoms with Gasteiger partial charge in [-0.1, -0.05) is 60.7 Å². The Labute approximate surface area is 165 Å². The summed E-state index contributed by atoms with van der Waals surface area (Å²) in [5.74, 6) is -0.404. The Morgan fingerprint density at radius 3 is 1.12 bits per heavy atom. The van der Waals surface area contributed by atoms with Crippen molar-refractivity contribution in [2.45, 2.75) is 26.7 Å². The predicted molar refractivity (Wildman–Crippen MR) is 95.8 cm³/mol. The zero-order valence-corrected chi connectivity index (χ0v) is 16.2. The fourth-order valence-corrected chi connectivity index (χ4v) is 1.90. The van der Waals surface area contributed by atoms with Gasteiger partial charge in [-0.2, -0.15) is 0 Å². The van der Waals surface area contributed by atoms with Crippen molar-refractivity contribution >= 4 is 23.1 Å². The Hall–Kier alpha value is -2.34. The summed E-state index contributed by atoms with van der Waals surface area (Å²) in [6.45, 7) is 2.84. The molecule has 0 spiro atoms. The van der Waals surface area contributed by atoms with Crippen LogP contribution in [0.3, 0.4) is 0 Å². The van der Waals surface area contributed by atoms with E-state index in [2.05, 4.69) is 0 Å². The molecule has 0 unspecified atom stereocenters. The SMILES string of the molecule is CC(=O)CC(=O)c1ccccc1.CC(=O)CC(=O)c1ccccc1.O.[V]. The van der Waals surface area contributed by atoms with Gasteiger partial charge in [0.05, 0.1) is 12.8 Å². The maximum atomic E-state index is 11.2. The monoisotopic (exact) mass is 393 g/mol. The van der Waals surface area contributed by atoms with Crippen molar-refractivity contribution in [3.05, 3.63) is 71.8 Å². The molecule has 0 saturated carbocycles. The Bertz CT molecular complexity index is 648. The number of benzene rings is 2. The van der Waals surface area contributed by atoms with Gasteiger partial charge in [-0.05, 0) is 13.8 Å². The number of carbonyl (C=O) groups excluding carboxylic acids is 4. The molecule has 26 heavy (non-hydrogen) atoms. The minimum Gasteiger partial charge on any atom is -0.412 e. The fraction of sp³-hybridized carbons (Fsp3) is 0.200. The second-order valence-electron chi connectivity index (χ2n) is 5.34. The van der Waals surface area contributed by atoms with E-state index in [0.717, 1.165) is 0 Å². The Balaban J connectivity index is 0. The molecule has 2 aromatic carbocycles. The average Bonchev–Trinajstić information content (AvgIpc) is 2.56. The summed E-state index contributed by atoms with van der Waals surface area (Å²) >= 11 is 0. The van der Waals surface area contributed by atoms with Crippen molar-refractivity contribution in [2.75, 3.05) is 0 Å². The quantitative estimate of drug-likeness (QED) is 0.556. The van der Waals surface area contributed by atoms with Crippen LogP contribution in [0.25, 0.3) is 0 Å². The van der Waals surface area contributed by atoms with E-state index in [1.54, 1.807) is 48.5 Å². The summed E-state index contributed by atoms with van der Waals surface area (Å²) in [7, 11) is 0. The van der Waals surface area contributed by atoms with E-state index in [1.165, 1.54) is 13.8 Å². The van der Waals surface area contributed by atoms with E-state index in [9.17, 15) is 19.2 Å². The predicted octanol–water partition coefficient (Wildman–Crippen LogP) is 2.87. The van der Waals surface area contributed by atoms with Crippen LogP contribution in [-0.2, 0) is 28.1 Å². The van der Waals surface area contributed by atoms with Gasteiger partial charge in [0.15, 0.2) is 11.6 Å². The van der Waals surface area contributed by atoms with E-state index >= 15 is 0 Å². The largest absolute Gasteiger partial charge is 0.412 e. The first-order valence-electron chi connectivity index (χ1n) is 7.55. The molecule has 2 rings (SSSR count). The summed E-state index contributed by atoms with van der Waals surface area (Å²) in [5, 5.41) is 0. The van der Waals surface area contributed by atoms with E-state index in [4.69, 9.17) is 0 Å². The molecule has 0 heterocycles. The third-order valence-electron chi connectivity index (χ3n) is 3.01. The molecule has 137 valence electrons. The van der Waals surface area contributed by atoms with Gasteiger partial charge in [0.25, 0.3) is 0 Å². The van der Waals surface area contributed by atoms with Crippen LogP contribution in [0.4, 0.5) is 0 Å². The minimum absolute atomic E-state index is 0. The van der Waals surface area contributed by atoms with Gasteiger partial charge >= 0.3 is 0 Å². The molecule has 0 aromatic heterocycles. The number of carbonyl (C=O) groups is 4. The first-order chi connectivity index (χ1) is 11.4. The second-order valence-corrected chi connectivity index (χ2v) is 5.34. The number of hydrogen-bond donors (Lipinski definition) is 0. The molecule has 0 saturated heterocycles. The van der Waals surface area contributed by atoms with Gasteiger partial charge in [-0.25, -0.2) is 0 Å². The molecule has 0 bridgehead atoms. The molecule has 0 amide bonds. The molecular weight excluding hydrogens is 371 g/mol. The van der Waals surface area contributed by atoms with Crippen LogP contribution in [0.2, 0.25) is 0 Å². The number of rotatable bonds is 6. The fourth-order valence-electron chi connectivity index (χ4n) is 1.90. The third-order valence-corrected chi connectivity index (χ3v) is 3.01. The molecule has 0 aliphatic carbocycles. The Kier molecular flexibility index (Phi) is 13.8. The van der Waals surface area contributed by atoms with Crippen LogP contribution in [0.1, 0.15) is 47.4 Å². The summed E-state index contributed by atoms with van der Waals surface area (Å²) in [4.78, 5) is 43.7. The number of hydrogen-bond acceptors (Lipinski definition) is 4. The zero-order valence-electron chi connectivity index (χ0n) is 14.8. The number of Topliss-reactive ketones (excluding diaryl/α,β-unsaturated/α-hetero) is 4. The maximum Gasteiger partial charge on any atom is 0.170 e. The first-order valence-corrected chi connectivity index (χ1v) is 7.55. The van der Waals surface area contributed by atoms with Crippen molar-refractivity contribution in [3.8, 4) is 0 Å². The molecular formula is C20H22O5V. The van der Waals surface area contributed by atoms with E-state index in [1.807, 2.05) is 12.1 Å². The van der Waals surface area contributed by atoms with Crippen LogP contribution in [-0.4, -0.2) is 28.6 Å². The summed E-state index contributed by atoms with van der Waals surface area (Å²) < 4.78 is 0. The average molecular weight is 393 g/mol. The van der Waals surface area contributed by atoms with Crippen LogP contribution in [0.5, 0.6) is 0 Å². The standard InChI is InChI=1S/2C10H10O2.H2O.V/c2*1-8(11)7-10(12)9-5-3-2-4-6-9;;/h2*2-6H,7H2,1H3;1H2;. The number of ketones is 4. The Morgan fingerprint density at radius 1 is 0.615 bits per heavy atom. The van der Waals surface area contributed by atoms with Crippen molar-refractivity contribution in [2.24, 2.45) is 0 Å². The Morgan fingerprint density at radius 2 is 0.885 bits per heavy atom. The van der Waals surface area contributed by atoms with Gasteiger partial charge < -0.3 is 5.48 Å². The first kappa shape index (κ1) is 25.9. The maximum absolute atomic E-state index is 11.2. The van der Waals surface area contributed by atoms with E-state index in [-0.39, 0.29) is 60.0 Å². The van der Waals surface area contributed by atoms with Crippen molar-refractivity contribution < 1.29 is 43.2 Å². The molecule has 0 aliphatic rings. The smallest absolute Gasteiger partial charge is 0.170 e. The van der Waals surface area contributed by atoms with E-state index in [0.29, 0.717) is 11.1 Å². The van der Waals surface area contributed by atoms with Gasteiger partial charge in [0.2, 0.25) is 0 Å². The summed E-state index contributed by atoms with van der Waals surface area (Å²) in [5.41, 5.74) is 1.21. The van der Waals surface area contributed by atoms with Crippen molar-refractivity contribution in [1.29, 1.82) is 0 Å². The van der Waals surface area contributed by atoms with Crippen LogP contribution >= 0.6 is 0 Å². The molecule has 1 radical (unpaired) electrons. The molecule has 0 fully saturated rings. The molecule has 0 aliphatic heterocycles. The van der Waals surface area contributed by atoms with Crippen molar-refractivity contribution in [3.63, 3.8) is 0 Å². The topological polar surface area (TPSA) is 99.8 Å². The third kappa shape index (κ3) is 10.5. The van der Waals surface area contributed by atoms with Gasteiger partial charge in [0.1, 0.15) is 11.6 Å². The van der Waals surface area contributed by atoms with Crippen LogP contribution in [0, 0.1) is 0 Å². The molecule has 5 nitrogen and oxygen atoms in total. The van der Waals surface area contributed by atoms with E-state index < -0.39 is 0 Å². The van der Waals surface area contributed by atoms with Crippen LogP contribution in [0.15, 0.2) is 60.7 Å². The second kappa shape index (κ2) is 13.9. The molecule has 0 atom stereocenters. The van der Waals surface area contributed by atoms with Crippen molar-refractivity contribution in [1.82, 2.24) is 0 Å².